The van der Waals surface area contributed by atoms with Crippen LogP contribution < -0.4 is 9.47 Å². The molecular formula is C28H31NO5. The first kappa shape index (κ1) is 23.6. The van der Waals surface area contributed by atoms with Crippen molar-refractivity contribution in [2.24, 2.45) is 5.92 Å². The number of carbonyl (C=O) groups excluding carboxylic acids is 1. The van der Waals surface area contributed by atoms with Crippen LogP contribution >= 0.6 is 0 Å². The summed E-state index contributed by atoms with van der Waals surface area (Å²) in [4.78, 5) is 14.4. The van der Waals surface area contributed by atoms with E-state index in [2.05, 4.69) is 0 Å². The van der Waals surface area contributed by atoms with Crippen molar-refractivity contribution in [2.45, 2.75) is 25.0 Å². The maximum Gasteiger partial charge on any atom is 0.410 e. The molecule has 3 aromatic carbocycles. The molecule has 1 amide bonds. The van der Waals surface area contributed by atoms with E-state index in [4.69, 9.17) is 14.2 Å². The van der Waals surface area contributed by atoms with Gasteiger partial charge in [0, 0.05) is 13.1 Å². The van der Waals surface area contributed by atoms with Crippen LogP contribution in [0.1, 0.15) is 29.5 Å². The minimum Gasteiger partial charge on any atom is -0.497 e. The molecule has 1 aliphatic heterocycles. The number of piperidine rings is 1. The largest absolute Gasteiger partial charge is 0.497 e. The van der Waals surface area contributed by atoms with Crippen LogP contribution in [0.25, 0.3) is 0 Å². The quantitative estimate of drug-likeness (QED) is 0.537. The number of methoxy groups -OCH3 is 2. The monoisotopic (exact) mass is 461 g/mol. The molecule has 34 heavy (non-hydrogen) atoms. The van der Waals surface area contributed by atoms with Gasteiger partial charge in [-0.25, -0.2) is 4.79 Å². The second kappa shape index (κ2) is 10.6. The lowest BCUT2D eigenvalue weighted by Crippen LogP contribution is -2.46. The first-order valence-electron chi connectivity index (χ1n) is 11.5. The lowest BCUT2D eigenvalue weighted by molar-refractivity contribution is -0.0151. The summed E-state index contributed by atoms with van der Waals surface area (Å²) in [6.45, 7) is 1.26. The average Bonchev–Trinajstić information content (AvgIpc) is 2.92. The van der Waals surface area contributed by atoms with Gasteiger partial charge in [-0.15, -0.1) is 0 Å². The Labute approximate surface area is 200 Å². The van der Waals surface area contributed by atoms with Gasteiger partial charge in [0.05, 0.1) is 14.2 Å². The Morgan fingerprint density at radius 1 is 0.882 bits per heavy atom. The third-order valence-corrected chi connectivity index (χ3v) is 6.57. The number of aliphatic hydroxyl groups is 1. The molecule has 6 heteroatoms. The summed E-state index contributed by atoms with van der Waals surface area (Å²) in [5, 5.41) is 12.2. The van der Waals surface area contributed by atoms with E-state index in [0.717, 1.165) is 16.7 Å². The number of carbonyl (C=O) groups is 1. The number of likely N-dealkylation sites (tertiary alicyclic amines) is 1. The van der Waals surface area contributed by atoms with Gasteiger partial charge in [-0.05, 0) is 59.7 Å². The molecule has 0 aliphatic carbocycles. The minimum atomic E-state index is -1.26. The summed E-state index contributed by atoms with van der Waals surface area (Å²) >= 11 is 0. The van der Waals surface area contributed by atoms with Crippen LogP contribution in [0.2, 0.25) is 0 Å². The highest BCUT2D eigenvalue weighted by molar-refractivity contribution is 5.67. The average molecular weight is 462 g/mol. The second-order valence-corrected chi connectivity index (χ2v) is 8.53. The van der Waals surface area contributed by atoms with Crippen molar-refractivity contribution < 1.29 is 24.1 Å². The molecule has 1 N–H and O–H groups in total. The third kappa shape index (κ3) is 5.02. The molecule has 0 unspecified atom stereocenters. The zero-order valence-corrected chi connectivity index (χ0v) is 19.6. The Balaban J connectivity index is 1.53. The van der Waals surface area contributed by atoms with Gasteiger partial charge in [-0.1, -0.05) is 54.6 Å². The molecule has 1 aliphatic rings. The van der Waals surface area contributed by atoms with Gasteiger partial charge in [-0.3, -0.25) is 0 Å². The van der Waals surface area contributed by atoms with Crippen LogP contribution in [0.15, 0.2) is 78.9 Å². The number of hydrogen-bond donors (Lipinski definition) is 1. The number of nitrogens with zero attached hydrogens (tertiary/aromatic N) is 1. The zero-order valence-electron chi connectivity index (χ0n) is 19.6. The second-order valence-electron chi connectivity index (χ2n) is 8.53. The number of rotatable bonds is 7. The molecule has 0 radical (unpaired) electrons. The molecule has 0 atom stereocenters. The van der Waals surface area contributed by atoms with E-state index < -0.39 is 5.60 Å². The number of ether oxygens (including phenoxy) is 3. The molecule has 178 valence electrons. The number of benzene rings is 3. The highest BCUT2D eigenvalue weighted by atomic mass is 16.6. The van der Waals surface area contributed by atoms with Crippen molar-refractivity contribution in [2.75, 3.05) is 27.3 Å². The lowest BCUT2D eigenvalue weighted by Gasteiger charge is -2.42. The number of amides is 1. The van der Waals surface area contributed by atoms with E-state index >= 15 is 0 Å². The van der Waals surface area contributed by atoms with Crippen molar-refractivity contribution >= 4 is 6.09 Å². The molecule has 0 aromatic heterocycles. The summed E-state index contributed by atoms with van der Waals surface area (Å²) in [5.74, 6) is 1.26. The van der Waals surface area contributed by atoms with E-state index in [-0.39, 0.29) is 18.6 Å². The van der Waals surface area contributed by atoms with Crippen molar-refractivity contribution in [1.29, 1.82) is 0 Å². The van der Waals surface area contributed by atoms with Gasteiger partial charge in [0.2, 0.25) is 0 Å². The lowest BCUT2D eigenvalue weighted by atomic mass is 9.72. The SMILES string of the molecule is COc1cccc(C(O)(c2cccc(OC)c2)C2CCN(C(=O)OCc3ccccc3)CC2)c1. The topological polar surface area (TPSA) is 68.2 Å². The Kier molecular flexibility index (Phi) is 7.38. The highest BCUT2D eigenvalue weighted by Gasteiger charge is 2.42. The first-order chi connectivity index (χ1) is 16.5. The standard InChI is InChI=1S/C28H31NO5/c1-32-25-12-6-10-23(18-25)28(31,24-11-7-13-26(19-24)33-2)22-14-16-29(17-15-22)27(30)34-20-21-8-4-3-5-9-21/h3-13,18-19,22,31H,14-17,20H2,1-2H3. The van der Waals surface area contributed by atoms with E-state index in [0.29, 0.717) is 37.4 Å². The van der Waals surface area contributed by atoms with Crippen molar-refractivity contribution in [3.8, 4) is 11.5 Å². The van der Waals surface area contributed by atoms with Gasteiger partial charge < -0.3 is 24.2 Å². The predicted octanol–water partition coefficient (Wildman–Crippen LogP) is 4.99. The van der Waals surface area contributed by atoms with E-state index in [1.165, 1.54) is 0 Å². The fourth-order valence-electron chi connectivity index (χ4n) is 4.65. The molecule has 1 fully saturated rings. The number of hydrogen-bond acceptors (Lipinski definition) is 5. The van der Waals surface area contributed by atoms with Crippen LogP contribution in [0, 0.1) is 5.92 Å². The fourth-order valence-corrected chi connectivity index (χ4v) is 4.65. The zero-order chi connectivity index (χ0) is 24.0. The van der Waals surface area contributed by atoms with Gasteiger partial charge in [0.15, 0.2) is 0 Å². The Morgan fingerprint density at radius 3 is 1.97 bits per heavy atom. The van der Waals surface area contributed by atoms with E-state index in [9.17, 15) is 9.90 Å². The van der Waals surface area contributed by atoms with Crippen LogP contribution in [0.5, 0.6) is 11.5 Å². The molecule has 0 bridgehead atoms. The smallest absolute Gasteiger partial charge is 0.410 e. The Hall–Kier alpha value is -3.51. The predicted molar refractivity (Wildman–Crippen MR) is 130 cm³/mol. The van der Waals surface area contributed by atoms with E-state index in [1.807, 2.05) is 78.9 Å². The summed E-state index contributed by atoms with van der Waals surface area (Å²) in [6.07, 6.45) is 0.935. The van der Waals surface area contributed by atoms with Gasteiger partial charge in [0.25, 0.3) is 0 Å². The fraction of sp³-hybridized carbons (Fsp3) is 0.321. The van der Waals surface area contributed by atoms with Crippen LogP contribution in [-0.4, -0.2) is 43.4 Å². The van der Waals surface area contributed by atoms with Crippen molar-refractivity contribution in [1.82, 2.24) is 4.90 Å². The van der Waals surface area contributed by atoms with Gasteiger partial charge >= 0.3 is 6.09 Å². The Bertz CT molecular complexity index is 1050. The van der Waals surface area contributed by atoms with Crippen LogP contribution in [0.3, 0.4) is 0 Å². The van der Waals surface area contributed by atoms with Crippen LogP contribution in [-0.2, 0) is 16.9 Å². The van der Waals surface area contributed by atoms with E-state index in [1.54, 1.807) is 19.1 Å². The van der Waals surface area contributed by atoms with Crippen LogP contribution in [0.4, 0.5) is 4.79 Å². The normalized spacial score (nSPS) is 14.5. The molecule has 6 nitrogen and oxygen atoms in total. The molecule has 3 aromatic rings. The maximum absolute atomic E-state index is 12.6. The van der Waals surface area contributed by atoms with Crippen molar-refractivity contribution in [3.05, 3.63) is 95.6 Å². The molecule has 0 saturated carbocycles. The summed E-state index contributed by atoms with van der Waals surface area (Å²) in [5.41, 5.74) is 1.20. The van der Waals surface area contributed by atoms with Gasteiger partial charge in [-0.2, -0.15) is 0 Å². The summed E-state index contributed by atoms with van der Waals surface area (Å²) in [7, 11) is 3.23. The Morgan fingerprint density at radius 2 is 1.44 bits per heavy atom. The minimum absolute atomic E-state index is 0.107. The molecule has 0 spiro atoms. The first-order valence-corrected chi connectivity index (χ1v) is 11.5. The molecule has 1 saturated heterocycles. The molecule has 1 heterocycles. The third-order valence-electron chi connectivity index (χ3n) is 6.57. The van der Waals surface area contributed by atoms with Gasteiger partial charge in [0.1, 0.15) is 23.7 Å². The summed E-state index contributed by atoms with van der Waals surface area (Å²) in [6, 6.07) is 24.7. The van der Waals surface area contributed by atoms with Crippen molar-refractivity contribution in [3.63, 3.8) is 0 Å². The highest BCUT2D eigenvalue weighted by Crippen LogP contribution is 2.43. The molecular weight excluding hydrogens is 430 g/mol. The molecule has 4 rings (SSSR count). The maximum atomic E-state index is 12.6. The summed E-state index contributed by atoms with van der Waals surface area (Å²) < 4.78 is 16.4.